The Balaban J connectivity index is 1.67. The minimum Gasteiger partial charge on any atom is -0.383 e. The first kappa shape index (κ1) is 16.2. The Morgan fingerprint density at radius 1 is 1.23 bits per heavy atom. The molecule has 0 radical (unpaired) electrons. The molecule has 0 spiro atoms. The van der Waals surface area contributed by atoms with Crippen molar-refractivity contribution >= 4 is 17.5 Å². The van der Waals surface area contributed by atoms with Crippen molar-refractivity contribution in [2.24, 2.45) is 0 Å². The van der Waals surface area contributed by atoms with E-state index in [4.69, 9.17) is 5.73 Å². The van der Waals surface area contributed by atoms with Crippen molar-refractivity contribution in [3.63, 3.8) is 0 Å². The molecule has 0 unspecified atom stereocenters. The van der Waals surface area contributed by atoms with Crippen LogP contribution in [0.25, 0.3) is 11.5 Å². The summed E-state index contributed by atoms with van der Waals surface area (Å²) in [5, 5.41) is 7.13. The molecule has 8 heteroatoms. The molecule has 0 saturated carbocycles. The number of nitrogen functional groups attached to an aromatic ring is 1. The summed E-state index contributed by atoms with van der Waals surface area (Å²) in [6, 6.07) is 8.26. The normalized spacial score (nSPS) is 15.0. The molecular weight excluding hydrogens is 335 g/mol. The van der Waals surface area contributed by atoms with Gasteiger partial charge in [0, 0.05) is 11.8 Å². The molecule has 132 valence electrons. The summed E-state index contributed by atoms with van der Waals surface area (Å²) in [5.41, 5.74) is 6.92. The second-order valence-corrected chi connectivity index (χ2v) is 6.73. The average molecular weight is 352 g/mol. The van der Waals surface area contributed by atoms with E-state index < -0.39 is 5.41 Å². The zero-order chi connectivity index (χ0) is 18.5. The van der Waals surface area contributed by atoms with Crippen molar-refractivity contribution in [1.82, 2.24) is 19.7 Å². The number of amides is 1. The lowest BCUT2D eigenvalue weighted by atomic mass is 9.87. The van der Waals surface area contributed by atoms with Crippen LogP contribution in [0.5, 0.6) is 0 Å². The van der Waals surface area contributed by atoms with Crippen LogP contribution in [0.4, 0.5) is 16.0 Å². The summed E-state index contributed by atoms with van der Waals surface area (Å²) in [6.07, 6.45) is 1.72. The van der Waals surface area contributed by atoms with Gasteiger partial charge in [-0.15, -0.1) is 0 Å². The summed E-state index contributed by atoms with van der Waals surface area (Å²) in [5.74, 6) is 0.512. The number of carbonyl (C=O) groups is 1. The van der Waals surface area contributed by atoms with Crippen molar-refractivity contribution in [3.8, 4) is 11.5 Å². The van der Waals surface area contributed by atoms with Gasteiger partial charge in [-0.1, -0.05) is 18.2 Å². The number of anilines is 2. The number of nitrogens with two attached hydrogens (primary N) is 1. The van der Waals surface area contributed by atoms with Crippen LogP contribution in [0.1, 0.15) is 25.0 Å². The highest BCUT2D eigenvalue weighted by molar-refractivity contribution is 6.06. The minimum absolute atomic E-state index is 0.171. The number of hydrogen-bond acceptors (Lipinski definition) is 5. The quantitative estimate of drug-likeness (QED) is 0.754. The first-order valence-corrected chi connectivity index (χ1v) is 8.13. The highest BCUT2D eigenvalue weighted by Gasteiger charge is 2.42. The predicted molar refractivity (Wildman–Crippen MR) is 94.8 cm³/mol. The van der Waals surface area contributed by atoms with Crippen molar-refractivity contribution < 1.29 is 9.18 Å². The Morgan fingerprint density at radius 2 is 2.00 bits per heavy atom. The zero-order valence-corrected chi connectivity index (χ0v) is 14.3. The second kappa shape index (κ2) is 5.62. The van der Waals surface area contributed by atoms with E-state index in [-0.39, 0.29) is 24.1 Å². The zero-order valence-electron chi connectivity index (χ0n) is 14.3. The molecule has 7 nitrogen and oxygen atoms in total. The number of fused-ring (bicyclic) bond motifs is 1. The second-order valence-electron chi connectivity index (χ2n) is 6.73. The van der Waals surface area contributed by atoms with E-state index in [0.717, 1.165) is 0 Å². The van der Waals surface area contributed by atoms with Gasteiger partial charge >= 0.3 is 0 Å². The highest BCUT2D eigenvalue weighted by atomic mass is 19.1. The van der Waals surface area contributed by atoms with E-state index in [2.05, 4.69) is 20.4 Å². The largest absolute Gasteiger partial charge is 0.383 e. The van der Waals surface area contributed by atoms with Gasteiger partial charge in [-0.25, -0.2) is 14.4 Å². The summed E-state index contributed by atoms with van der Waals surface area (Å²) in [7, 11) is 0. The molecule has 1 amide bonds. The molecule has 1 aliphatic rings. The summed E-state index contributed by atoms with van der Waals surface area (Å²) >= 11 is 0. The molecule has 3 N–H and O–H groups in total. The molecule has 4 rings (SSSR count). The fourth-order valence-corrected chi connectivity index (χ4v) is 3.05. The highest BCUT2D eigenvalue weighted by Crippen LogP contribution is 2.39. The smallest absolute Gasteiger partial charge is 0.235 e. The lowest BCUT2D eigenvalue weighted by Crippen LogP contribution is -2.27. The average Bonchev–Trinajstić information content (AvgIpc) is 3.13. The Kier molecular flexibility index (Phi) is 3.50. The maximum absolute atomic E-state index is 13.8. The van der Waals surface area contributed by atoms with Crippen LogP contribution in [0.3, 0.4) is 0 Å². The number of benzene rings is 1. The first-order valence-electron chi connectivity index (χ1n) is 8.13. The summed E-state index contributed by atoms with van der Waals surface area (Å²) in [6.45, 7) is 3.84. The lowest BCUT2D eigenvalue weighted by molar-refractivity contribution is -0.119. The van der Waals surface area contributed by atoms with E-state index in [1.54, 1.807) is 49.0 Å². The Bertz CT molecular complexity index is 1030. The van der Waals surface area contributed by atoms with Gasteiger partial charge in [-0.3, -0.25) is 9.48 Å². The van der Waals surface area contributed by atoms with E-state index in [1.807, 2.05) is 0 Å². The van der Waals surface area contributed by atoms with Crippen molar-refractivity contribution in [2.45, 2.75) is 25.8 Å². The third-order valence-corrected chi connectivity index (χ3v) is 4.52. The van der Waals surface area contributed by atoms with Gasteiger partial charge in [0.1, 0.15) is 23.1 Å². The molecule has 3 aromatic rings. The Morgan fingerprint density at radius 3 is 2.77 bits per heavy atom. The molecule has 26 heavy (non-hydrogen) atoms. The molecule has 2 aromatic heterocycles. The number of hydrogen-bond donors (Lipinski definition) is 2. The number of nitrogens with one attached hydrogen (secondary N) is 1. The minimum atomic E-state index is -0.776. The van der Waals surface area contributed by atoms with Crippen molar-refractivity contribution in [2.75, 3.05) is 11.1 Å². The third-order valence-electron chi connectivity index (χ3n) is 4.52. The molecule has 0 fully saturated rings. The van der Waals surface area contributed by atoms with Crippen LogP contribution >= 0.6 is 0 Å². The topological polar surface area (TPSA) is 98.7 Å². The predicted octanol–water partition coefficient (Wildman–Crippen LogP) is 2.34. The molecule has 0 atom stereocenters. The third kappa shape index (κ3) is 2.50. The Hall–Kier alpha value is -3.29. The molecule has 3 heterocycles. The van der Waals surface area contributed by atoms with Crippen LogP contribution in [0.15, 0.2) is 36.5 Å². The van der Waals surface area contributed by atoms with E-state index in [1.165, 1.54) is 6.07 Å². The van der Waals surface area contributed by atoms with E-state index in [0.29, 0.717) is 28.5 Å². The van der Waals surface area contributed by atoms with Gasteiger partial charge in [0.25, 0.3) is 0 Å². The van der Waals surface area contributed by atoms with Gasteiger partial charge in [-0.2, -0.15) is 5.10 Å². The van der Waals surface area contributed by atoms with E-state index in [9.17, 15) is 9.18 Å². The fourth-order valence-electron chi connectivity index (χ4n) is 3.05. The molecule has 0 saturated heterocycles. The maximum Gasteiger partial charge on any atom is 0.235 e. The van der Waals surface area contributed by atoms with Crippen molar-refractivity contribution in [1.29, 1.82) is 0 Å². The monoisotopic (exact) mass is 352 g/mol. The van der Waals surface area contributed by atoms with Crippen LogP contribution in [-0.2, 0) is 16.8 Å². The first-order chi connectivity index (χ1) is 12.4. The number of rotatable bonds is 3. The molecule has 0 bridgehead atoms. The number of carbonyl (C=O) groups excluding carboxylic acids is 1. The molecular formula is C18H17FN6O. The Labute approximate surface area is 149 Å². The molecule has 0 aliphatic carbocycles. The molecule has 1 aliphatic heterocycles. The summed E-state index contributed by atoms with van der Waals surface area (Å²) in [4.78, 5) is 20.8. The van der Waals surface area contributed by atoms with Gasteiger partial charge in [-0.05, 0) is 26.0 Å². The number of halogens is 1. The van der Waals surface area contributed by atoms with Crippen molar-refractivity contribution in [3.05, 3.63) is 53.5 Å². The lowest BCUT2D eigenvalue weighted by Gasteiger charge is -2.15. The SMILES string of the molecule is CC1(C)C(=O)Nc2nc(-c3ccn(Cc4ccccc4F)n3)nc(N)c21. The van der Waals surface area contributed by atoms with Gasteiger partial charge < -0.3 is 11.1 Å². The fraction of sp³-hybridized carbons (Fsp3) is 0.222. The number of nitrogens with zero attached hydrogens (tertiary/aromatic N) is 4. The van der Waals surface area contributed by atoms with Crippen LogP contribution in [0.2, 0.25) is 0 Å². The standard InChI is InChI=1S/C18H17FN6O/c1-18(2)13-14(20)21-15(22-16(13)23-17(18)26)12-7-8-25(24-12)9-10-5-3-4-6-11(10)19/h3-8H,9H2,1-2H3,(H3,20,21,22,23,26). The van der Waals surface area contributed by atoms with Crippen LogP contribution in [-0.4, -0.2) is 25.7 Å². The van der Waals surface area contributed by atoms with Crippen LogP contribution in [0, 0.1) is 5.82 Å². The van der Waals surface area contributed by atoms with Gasteiger partial charge in [0.15, 0.2) is 5.82 Å². The molecule has 1 aromatic carbocycles. The summed E-state index contributed by atoms with van der Waals surface area (Å²) < 4.78 is 15.4. The van der Waals surface area contributed by atoms with Gasteiger partial charge in [0.2, 0.25) is 5.91 Å². The maximum atomic E-state index is 13.8. The number of aromatic nitrogens is 4. The van der Waals surface area contributed by atoms with E-state index >= 15 is 0 Å². The van der Waals surface area contributed by atoms with Gasteiger partial charge in [0.05, 0.1) is 17.5 Å². The van der Waals surface area contributed by atoms with Crippen LogP contribution < -0.4 is 11.1 Å².